The Hall–Kier alpha value is -2.48. The van der Waals surface area contributed by atoms with E-state index in [0.717, 1.165) is 35.7 Å². The van der Waals surface area contributed by atoms with Crippen molar-refractivity contribution >= 4 is 11.7 Å². The molecule has 3 rings (SSSR count). The summed E-state index contributed by atoms with van der Waals surface area (Å²) in [6, 6.07) is 2.08. The van der Waals surface area contributed by atoms with E-state index in [9.17, 15) is 4.79 Å². The van der Waals surface area contributed by atoms with Crippen LogP contribution in [0.3, 0.4) is 0 Å². The molecule has 3 heterocycles. The predicted octanol–water partition coefficient (Wildman–Crippen LogP) is 1.34. The SMILES string of the molecule is CO[C@H]1C[C@@H](CNC(=O)Cc2c(C)noc2C)N(c2cc(C)ncn2)C1. The van der Waals surface area contributed by atoms with Gasteiger partial charge in [-0.2, -0.15) is 0 Å². The molecule has 0 spiro atoms. The van der Waals surface area contributed by atoms with Gasteiger partial charge < -0.3 is 19.5 Å². The number of aromatic nitrogens is 3. The second-order valence-corrected chi connectivity index (χ2v) is 6.70. The van der Waals surface area contributed by atoms with Crippen molar-refractivity contribution in [2.75, 3.05) is 25.1 Å². The number of amides is 1. The maximum atomic E-state index is 12.4. The van der Waals surface area contributed by atoms with Gasteiger partial charge in [-0.15, -0.1) is 0 Å². The number of anilines is 1. The zero-order valence-electron chi connectivity index (χ0n) is 15.7. The lowest BCUT2D eigenvalue weighted by Crippen LogP contribution is -2.41. The van der Waals surface area contributed by atoms with Crippen LogP contribution in [0, 0.1) is 20.8 Å². The Labute approximate surface area is 152 Å². The number of hydrogen-bond acceptors (Lipinski definition) is 7. The first-order valence-electron chi connectivity index (χ1n) is 8.74. The zero-order valence-corrected chi connectivity index (χ0v) is 15.7. The Kier molecular flexibility index (Phi) is 5.51. The van der Waals surface area contributed by atoms with Crippen molar-refractivity contribution in [2.24, 2.45) is 0 Å². The van der Waals surface area contributed by atoms with Crippen molar-refractivity contribution in [3.05, 3.63) is 35.1 Å². The number of ether oxygens (including phenoxy) is 1. The molecule has 0 aromatic carbocycles. The maximum Gasteiger partial charge on any atom is 0.224 e. The van der Waals surface area contributed by atoms with Gasteiger partial charge in [0.05, 0.1) is 24.3 Å². The number of carbonyl (C=O) groups is 1. The molecule has 8 heteroatoms. The highest BCUT2D eigenvalue weighted by molar-refractivity contribution is 5.79. The van der Waals surface area contributed by atoms with Gasteiger partial charge in [0.25, 0.3) is 0 Å². The van der Waals surface area contributed by atoms with Crippen LogP contribution in [0.2, 0.25) is 0 Å². The molecular formula is C18H25N5O3. The Morgan fingerprint density at radius 1 is 1.38 bits per heavy atom. The van der Waals surface area contributed by atoms with Crippen molar-refractivity contribution in [3.63, 3.8) is 0 Å². The summed E-state index contributed by atoms with van der Waals surface area (Å²) in [5, 5.41) is 6.92. The largest absolute Gasteiger partial charge is 0.380 e. The van der Waals surface area contributed by atoms with E-state index in [1.807, 2.05) is 26.8 Å². The van der Waals surface area contributed by atoms with Gasteiger partial charge in [-0.3, -0.25) is 4.79 Å². The molecule has 1 fully saturated rings. The molecule has 0 radical (unpaired) electrons. The zero-order chi connectivity index (χ0) is 18.7. The number of methoxy groups -OCH3 is 1. The molecule has 0 aliphatic carbocycles. The average Bonchev–Trinajstić information content (AvgIpc) is 3.18. The minimum absolute atomic E-state index is 0.0425. The number of nitrogens with one attached hydrogen (secondary N) is 1. The van der Waals surface area contributed by atoms with Crippen molar-refractivity contribution in [2.45, 2.75) is 45.8 Å². The van der Waals surface area contributed by atoms with Crippen LogP contribution in [0.25, 0.3) is 0 Å². The number of carbonyl (C=O) groups excluding carboxylic acids is 1. The normalized spacial score (nSPS) is 19.8. The Morgan fingerprint density at radius 2 is 2.19 bits per heavy atom. The Balaban J connectivity index is 1.64. The third kappa shape index (κ3) is 4.01. The second-order valence-electron chi connectivity index (χ2n) is 6.70. The van der Waals surface area contributed by atoms with Crippen molar-refractivity contribution in [1.82, 2.24) is 20.4 Å². The van der Waals surface area contributed by atoms with Gasteiger partial charge in [0.15, 0.2) is 0 Å². The number of rotatable bonds is 6. The molecule has 26 heavy (non-hydrogen) atoms. The summed E-state index contributed by atoms with van der Waals surface area (Å²) in [6.45, 7) is 6.89. The van der Waals surface area contributed by atoms with Crippen molar-refractivity contribution in [1.29, 1.82) is 0 Å². The quantitative estimate of drug-likeness (QED) is 0.832. The van der Waals surface area contributed by atoms with Crippen molar-refractivity contribution in [3.8, 4) is 0 Å². The molecule has 140 valence electrons. The molecule has 1 saturated heterocycles. The first kappa shape index (κ1) is 18.3. The molecular weight excluding hydrogens is 334 g/mol. The standard InChI is InChI=1S/C18H25N5O3/c1-11-5-17(21-10-20-11)23-9-15(25-4)6-14(23)8-19-18(24)7-16-12(2)22-26-13(16)3/h5,10,14-15H,6-9H2,1-4H3,(H,19,24)/t14-,15-/m0/s1. The molecule has 0 bridgehead atoms. The van der Waals surface area contributed by atoms with E-state index in [1.165, 1.54) is 0 Å². The van der Waals surface area contributed by atoms with E-state index >= 15 is 0 Å². The van der Waals surface area contributed by atoms with E-state index in [0.29, 0.717) is 12.3 Å². The maximum absolute atomic E-state index is 12.4. The topological polar surface area (TPSA) is 93.4 Å². The van der Waals surface area contributed by atoms with Gasteiger partial charge in [0, 0.05) is 37.5 Å². The summed E-state index contributed by atoms with van der Waals surface area (Å²) >= 11 is 0. The third-order valence-electron chi connectivity index (χ3n) is 4.85. The summed E-state index contributed by atoms with van der Waals surface area (Å²) in [6.07, 6.45) is 2.80. The van der Waals surface area contributed by atoms with Crippen LogP contribution in [0.5, 0.6) is 0 Å². The summed E-state index contributed by atoms with van der Waals surface area (Å²) in [7, 11) is 1.71. The molecule has 1 aliphatic heterocycles. The van der Waals surface area contributed by atoms with Gasteiger partial charge in [0.1, 0.15) is 17.9 Å². The summed E-state index contributed by atoms with van der Waals surface area (Å²) < 4.78 is 10.6. The molecule has 2 aromatic rings. The van der Waals surface area contributed by atoms with Crippen LogP contribution in [0.4, 0.5) is 5.82 Å². The van der Waals surface area contributed by atoms with Gasteiger partial charge in [-0.1, -0.05) is 5.16 Å². The molecule has 0 unspecified atom stereocenters. The fourth-order valence-electron chi connectivity index (χ4n) is 3.33. The Bertz CT molecular complexity index is 756. The second kappa shape index (κ2) is 7.82. The lowest BCUT2D eigenvalue weighted by Gasteiger charge is -2.25. The van der Waals surface area contributed by atoms with Crippen molar-refractivity contribution < 1.29 is 14.1 Å². The highest BCUT2D eigenvalue weighted by atomic mass is 16.5. The monoisotopic (exact) mass is 359 g/mol. The first-order chi connectivity index (χ1) is 12.5. The predicted molar refractivity (Wildman–Crippen MR) is 96.0 cm³/mol. The molecule has 2 aromatic heterocycles. The van der Waals surface area contributed by atoms with Crippen LogP contribution in [0.1, 0.15) is 29.1 Å². The summed E-state index contributed by atoms with van der Waals surface area (Å²) in [5.41, 5.74) is 2.53. The number of nitrogens with zero attached hydrogens (tertiary/aromatic N) is 4. The van der Waals surface area contributed by atoms with Crippen LogP contribution in [-0.2, 0) is 16.0 Å². The van der Waals surface area contributed by atoms with E-state index in [2.05, 4.69) is 25.3 Å². The highest BCUT2D eigenvalue weighted by Crippen LogP contribution is 2.25. The lowest BCUT2D eigenvalue weighted by atomic mass is 10.1. The number of hydrogen-bond donors (Lipinski definition) is 1. The van der Waals surface area contributed by atoms with Gasteiger partial charge in [0.2, 0.25) is 5.91 Å². The molecule has 0 saturated carbocycles. The van der Waals surface area contributed by atoms with Gasteiger partial charge in [-0.05, 0) is 27.2 Å². The van der Waals surface area contributed by atoms with Crippen LogP contribution in [0.15, 0.2) is 16.9 Å². The molecule has 1 amide bonds. The summed E-state index contributed by atoms with van der Waals surface area (Å²) in [4.78, 5) is 23.1. The van der Waals surface area contributed by atoms with E-state index < -0.39 is 0 Å². The minimum atomic E-state index is -0.0425. The summed E-state index contributed by atoms with van der Waals surface area (Å²) in [5.74, 6) is 1.51. The smallest absolute Gasteiger partial charge is 0.224 e. The van der Waals surface area contributed by atoms with Gasteiger partial charge >= 0.3 is 0 Å². The van der Waals surface area contributed by atoms with E-state index in [1.54, 1.807) is 13.4 Å². The Morgan fingerprint density at radius 3 is 2.85 bits per heavy atom. The number of aryl methyl sites for hydroxylation is 3. The lowest BCUT2D eigenvalue weighted by molar-refractivity contribution is -0.120. The molecule has 2 atom stereocenters. The van der Waals surface area contributed by atoms with Crippen LogP contribution >= 0.6 is 0 Å². The van der Waals surface area contributed by atoms with Crippen LogP contribution < -0.4 is 10.2 Å². The fraction of sp³-hybridized carbons (Fsp3) is 0.556. The molecule has 1 N–H and O–H groups in total. The first-order valence-corrected chi connectivity index (χ1v) is 8.74. The third-order valence-corrected chi connectivity index (χ3v) is 4.85. The average molecular weight is 359 g/mol. The fourth-order valence-corrected chi connectivity index (χ4v) is 3.33. The molecule has 1 aliphatic rings. The van der Waals surface area contributed by atoms with E-state index in [-0.39, 0.29) is 24.5 Å². The minimum Gasteiger partial charge on any atom is -0.380 e. The highest BCUT2D eigenvalue weighted by Gasteiger charge is 2.33. The van der Waals surface area contributed by atoms with E-state index in [4.69, 9.17) is 9.26 Å². The van der Waals surface area contributed by atoms with Gasteiger partial charge in [-0.25, -0.2) is 9.97 Å². The molecule has 8 nitrogen and oxygen atoms in total. The van der Waals surface area contributed by atoms with Crippen LogP contribution in [-0.4, -0.2) is 53.4 Å².